The second-order valence-electron chi connectivity index (χ2n) is 5.49. The maximum atomic E-state index is 6.04. The smallest absolute Gasteiger partial charge is 0.137 e. The molecule has 1 rings (SSSR count). The minimum Gasteiger partial charge on any atom is -0.369 e. The predicted molar refractivity (Wildman–Crippen MR) is 73.5 cm³/mol. The molecule has 1 N–H and O–H groups in total. The summed E-state index contributed by atoms with van der Waals surface area (Å²) >= 11 is 6.04. The van der Waals surface area contributed by atoms with Crippen molar-refractivity contribution in [3.8, 4) is 0 Å². The molecular formula is C13H22ClN3. The number of rotatable bonds is 4. The second kappa shape index (κ2) is 5.67. The molecule has 0 saturated carbocycles. The molecule has 0 saturated heterocycles. The van der Waals surface area contributed by atoms with Gasteiger partial charge in [-0.25, -0.2) is 9.97 Å². The van der Waals surface area contributed by atoms with E-state index in [1.54, 1.807) is 0 Å². The Kier molecular flexibility index (Phi) is 4.75. The fourth-order valence-corrected chi connectivity index (χ4v) is 1.68. The molecule has 1 unspecified atom stereocenters. The maximum Gasteiger partial charge on any atom is 0.137 e. The van der Waals surface area contributed by atoms with Crippen LogP contribution in [0, 0.1) is 11.3 Å². The van der Waals surface area contributed by atoms with Crippen molar-refractivity contribution in [2.75, 3.05) is 11.9 Å². The Bertz CT molecular complexity index is 371. The van der Waals surface area contributed by atoms with Gasteiger partial charge in [0.2, 0.25) is 0 Å². The molecule has 0 radical (unpaired) electrons. The van der Waals surface area contributed by atoms with E-state index in [1.165, 1.54) is 6.33 Å². The Morgan fingerprint density at radius 2 is 2.00 bits per heavy atom. The minimum atomic E-state index is 0.288. The van der Waals surface area contributed by atoms with Crippen LogP contribution in [0.25, 0.3) is 0 Å². The number of nitrogens with one attached hydrogen (secondary N) is 1. The molecule has 96 valence electrons. The molecule has 0 bridgehead atoms. The summed E-state index contributed by atoms with van der Waals surface area (Å²) in [7, 11) is 0. The number of nitrogens with zero attached hydrogens (tertiary/aromatic N) is 2. The Morgan fingerprint density at radius 3 is 2.53 bits per heavy atom. The van der Waals surface area contributed by atoms with Crippen LogP contribution in [0.5, 0.6) is 0 Å². The van der Waals surface area contributed by atoms with E-state index in [2.05, 4.69) is 49.9 Å². The van der Waals surface area contributed by atoms with Gasteiger partial charge in [0.25, 0.3) is 0 Å². The van der Waals surface area contributed by atoms with Crippen LogP contribution in [0.1, 0.15) is 40.2 Å². The number of hydrogen-bond donors (Lipinski definition) is 1. The van der Waals surface area contributed by atoms with Gasteiger partial charge in [-0.2, -0.15) is 0 Å². The van der Waals surface area contributed by atoms with Crippen molar-refractivity contribution in [3.05, 3.63) is 17.0 Å². The van der Waals surface area contributed by atoms with Gasteiger partial charge < -0.3 is 5.32 Å². The topological polar surface area (TPSA) is 37.8 Å². The summed E-state index contributed by atoms with van der Waals surface area (Å²) < 4.78 is 0. The summed E-state index contributed by atoms with van der Waals surface area (Å²) in [6.07, 6.45) is 2.34. The second-order valence-corrected chi connectivity index (χ2v) is 5.85. The highest BCUT2D eigenvalue weighted by atomic mass is 35.5. The number of hydrogen-bond acceptors (Lipinski definition) is 3. The van der Waals surface area contributed by atoms with Crippen LogP contribution in [0.2, 0.25) is 5.15 Å². The van der Waals surface area contributed by atoms with Crippen molar-refractivity contribution in [1.29, 1.82) is 0 Å². The molecule has 3 nitrogen and oxygen atoms in total. The lowest BCUT2D eigenvalue weighted by molar-refractivity contribution is 0.274. The quantitative estimate of drug-likeness (QED) is 0.832. The highest BCUT2D eigenvalue weighted by Gasteiger charge is 2.20. The van der Waals surface area contributed by atoms with Crippen molar-refractivity contribution < 1.29 is 0 Å². The molecule has 1 aromatic heterocycles. The van der Waals surface area contributed by atoms with E-state index >= 15 is 0 Å². The Balaban J connectivity index is 2.73. The van der Waals surface area contributed by atoms with E-state index in [0.717, 1.165) is 24.3 Å². The van der Waals surface area contributed by atoms with Gasteiger partial charge in [-0.05, 0) is 17.8 Å². The van der Waals surface area contributed by atoms with Crippen LogP contribution in [0.15, 0.2) is 6.33 Å². The first-order valence-corrected chi connectivity index (χ1v) is 6.47. The molecule has 0 aliphatic rings. The highest BCUT2D eigenvalue weighted by Crippen LogP contribution is 2.26. The lowest BCUT2D eigenvalue weighted by Gasteiger charge is -2.27. The summed E-state index contributed by atoms with van der Waals surface area (Å²) in [4.78, 5) is 8.26. The van der Waals surface area contributed by atoms with Crippen molar-refractivity contribution >= 4 is 17.4 Å². The fraction of sp³-hybridized carbons (Fsp3) is 0.692. The van der Waals surface area contributed by atoms with Crippen LogP contribution in [-0.4, -0.2) is 16.5 Å². The SMILES string of the molecule is CCc1c(Cl)ncnc1NCC(C)C(C)(C)C. The Hall–Kier alpha value is -0.830. The molecule has 1 aromatic rings. The lowest BCUT2D eigenvalue weighted by Crippen LogP contribution is -2.25. The van der Waals surface area contributed by atoms with Crippen molar-refractivity contribution in [3.63, 3.8) is 0 Å². The molecule has 0 aliphatic heterocycles. The van der Waals surface area contributed by atoms with Gasteiger partial charge in [0, 0.05) is 12.1 Å². The minimum absolute atomic E-state index is 0.288. The standard InChI is InChI=1S/C13H22ClN3/c1-6-10-11(14)16-8-17-12(10)15-7-9(2)13(3,4)5/h8-9H,6-7H2,1-5H3,(H,15,16,17). The summed E-state index contributed by atoms with van der Waals surface area (Å²) in [6, 6.07) is 0. The van der Waals surface area contributed by atoms with E-state index in [4.69, 9.17) is 11.6 Å². The third-order valence-electron chi connectivity index (χ3n) is 3.30. The van der Waals surface area contributed by atoms with Crippen molar-refractivity contribution in [2.45, 2.75) is 41.0 Å². The summed E-state index contributed by atoms with van der Waals surface area (Å²) in [5, 5.41) is 3.93. The van der Waals surface area contributed by atoms with Crippen molar-refractivity contribution in [1.82, 2.24) is 9.97 Å². The van der Waals surface area contributed by atoms with Gasteiger partial charge in [-0.1, -0.05) is 46.2 Å². The van der Waals surface area contributed by atoms with Crippen LogP contribution in [-0.2, 0) is 6.42 Å². The zero-order valence-corrected chi connectivity index (χ0v) is 12.1. The molecule has 17 heavy (non-hydrogen) atoms. The van der Waals surface area contributed by atoms with E-state index in [-0.39, 0.29) is 5.41 Å². The predicted octanol–water partition coefficient (Wildman–Crippen LogP) is 3.79. The zero-order chi connectivity index (χ0) is 13.1. The first-order valence-electron chi connectivity index (χ1n) is 6.09. The van der Waals surface area contributed by atoms with E-state index in [9.17, 15) is 0 Å². The third kappa shape index (κ3) is 3.84. The fourth-order valence-electron chi connectivity index (χ4n) is 1.41. The van der Waals surface area contributed by atoms with Gasteiger partial charge in [0.15, 0.2) is 0 Å². The van der Waals surface area contributed by atoms with Crippen LogP contribution in [0.3, 0.4) is 0 Å². The van der Waals surface area contributed by atoms with Crippen molar-refractivity contribution in [2.24, 2.45) is 11.3 Å². The summed E-state index contributed by atoms with van der Waals surface area (Å²) in [5.74, 6) is 1.42. The lowest BCUT2D eigenvalue weighted by atomic mass is 9.82. The first kappa shape index (κ1) is 14.2. The normalized spacial score (nSPS) is 13.5. The van der Waals surface area contributed by atoms with Crippen LogP contribution in [0.4, 0.5) is 5.82 Å². The third-order valence-corrected chi connectivity index (χ3v) is 3.63. The van der Waals surface area contributed by atoms with E-state index < -0.39 is 0 Å². The highest BCUT2D eigenvalue weighted by molar-refractivity contribution is 6.30. The van der Waals surface area contributed by atoms with E-state index in [1.807, 2.05) is 0 Å². The monoisotopic (exact) mass is 255 g/mol. The molecule has 0 aliphatic carbocycles. The summed E-state index contributed by atoms with van der Waals surface area (Å²) in [5.41, 5.74) is 1.28. The number of anilines is 1. The molecular weight excluding hydrogens is 234 g/mol. The largest absolute Gasteiger partial charge is 0.369 e. The van der Waals surface area contributed by atoms with Crippen LogP contribution < -0.4 is 5.32 Å². The van der Waals surface area contributed by atoms with Gasteiger partial charge in [0.05, 0.1) is 0 Å². The first-order chi connectivity index (χ1) is 7.86. The number of aromatic nitrogens is 2. The molecule has 0 aromatic carbocycles. The molecule has 0 fully saturated rings. The van der Waals surface area contributed by atoms with E-state index in [0.29, 0.717) is 11.1 Å². The molecule has 4 heteroatoms. The van der Waals surface area contributed by atoms with Gasteiger partial charge >= 0.3 is 0 Å². The summed E-state index contributed by atoms with van der Waals surface area (Å²) in [6.45, 7) is 11.9. The Morgan fingerprint density at radius 1 is 1.35 bits per heavy atom. The average molecular weight is 256 g/mol. The molecule has 1 heterocycles. The molecule has 0 amide bonds. The molecule has 0 spiro atoms. The average Bonchev–Trinajstić information content (AvgIpc) is 2.24. The zero-order valence-electron chi connectivity index (χ0n) is 11.3. The van der Waals surface area contributed by atoms with Gasteiger partial charge in [0.1, 0.15) is 17.3 Å². The molecule has 1 atom stereocenters. The van der Waals surface area contributed by atoms with Gasteiger partial charge in [-0.3, -0.25) is 0 Å². The maximum absolute atomic E-state index is 6.04. The Labute approximate surface area is 109 Å². The number of halogens is 1. The van der Waals surface area contributed by atoms with Gasteiger partial charge in [-0.15, -0.1) is 0 Å². The van der Waals surface area contributed by atoms with Crippen LogP contribution >= 0.6 is 11.6 Å².